The zero-order valence-corrected chi connectivity index (χ0v) is 12.1. The number of ether oxygens (including phenoxy) is 1. The van der Waals surface area contributed by atoms with Crippen LogP contribution in [0.4, 0.5) is 0 Å². The van der Waals surface area contributed by atoms with E-state index in [-0.39, 0.29) is 0 Å². The first-order valence-corrected chi connectivity index (χ1v) is 7.87. The highest BCUT2D eigenvalue weighted by atomic mass is 16.5. The first-order valence-electron chi connectivity index (χ1n) is 7.87. The molecule has 0 aromatic heterocycles. The molecule has 0 radical (unpaired) electrons. The van der Waals surface area contributed by atoms with Crippen molar-refractivity contribution in [1.29, 1.82) is 0 Å². The summed E-state index contributed by atoms with van der Waals surface area (Å²) in [6, 6.07) is 6.11. The summed E-state index contributed by atoms with van der Waals surface area (Å²) < 4.78 is 5.63. The fourth-order valence-electron chi connectivity index (χ4n) is 5.73. The lowest BCUT2D eigenvalue weighted by atomic mass is 9.48. The van der Waals surface area contributed by atoms with Gasteiger partial charge in [0, 0.05) is 5.56 Å². The number of methoxy groups -OCH3 is 1. The van der Waals surface area contributed by atoms with Crippen LogP contribution in [0.1, 0.15) is 54.4 Å². The monoisotopic (exact) mass is 270 g/mol. The maximum Gasteiger partial charge on any atom is 0.153 e. The lowest BCUT2D eigenvalue weighted by Crippen LogP contribution is -2.48. The van der Waals surface area contributed by atoms with Gasteiger partial charge >= 0.3 is 0 Å². The summed E-state index contributed by atoms with van der Waals surface area (Å²) in [7, 11) is 1.70. The Morgan fingerprint density at radius 3 is 2.20 bits per heavy atom. The van der Waals surface area contributed by atoms with Crippen molar-refractivity contribution in [2.24, 2.45) is 17.8 Å². The third-order valence-electron chi connectivity index (χ3n) is 5.99. The minimum Gasteiger partial charge on any atom is -0.496 e. The van der Waals surface area contributed by atoms with Gasteiger partial charge in [0.2, 0.25) is 0 Å². The Labute approximate surface area is 120 Å². The molecule has 2 heteroatoms. The number of para-hydroxylation sites is 1. The Morgan fingerprint density at radius 1 is 1.10 bits per heavy atom. The largest absolute Gasteiger partial charge is 0.496 e. The minimum absolute atomic E-state index is 0.291. The van der Waals surface area contributed by atoms with Crippen LogP contribution in [0.15, 0.2) is 18.2 Å². The van der Waals surface area contributed by atoms with Crippen LogP contribution in [0.3, 0.4) is 0 Å². The second kappa shape index (κ2) is 4.34. The standard InChI is InChI=1S/C18H22O2/c1-20-17-15(11-19)3-2-4-16(17)18-8-12-5-13(9-18)7-14(6-12)10-18/h2-4,11-14H,5-10H2,1H3. The number of benzene rings is 1. The van der Waals surface area contributed by atoms with Gasteiger partial charge in [0.05, 0.1) is 12.7 Å². The molecule has 0 heterocycles. The number of hydrogen-bond acceptors (Lipinski definition) is 2. The number of carbonyl (C=O) groups is 1. The van der Waals surface area contributed by atoms with Crippen LogP contribution in [0.2, 0.25) is 0 Å². The SMILES string of the molecule is COc1c(C=O)cccc1C12CC3CC(CC(C3)C1)C2. The second-order valence-corrected chi connectivity index (χ2v) is 7.24. The van der Waals surface area contributed by atoms with E-state index in [2.05, 4.69) is 6.07 Å². The molecule has 2 nitrogen and oxygen atoms in total. The highest BCUT2D eigenvalue weighted by Gasteiger charge is 2.52. The van der Waals surface area contributed by atoms with Gasteiger partial charge in [-0.2, -0.15) is 0 Å². The van der Waals surface area contributed by atoms with E-state index < -0.39 is 0 Å². The van der Waals surface area contributed by atoms with Crippen molar-refractivity contribution in [2.75, 3.05) is 7.11 Å². The molecule has 0 spiro atoms. The zero-order chi connectivity index (χ0) is 13.7. The van der Waals surface area contributed by atoms with E-state index in [0.717, 1.165) is 29.8 Å². The number of hydrogen-bond donors (Lipinski definition) is 0. The van der Waals surface area contributed by atoms with Crippen LogP contribution < -0.4 is 4.74 Å². The lowest BCUT2D eigenvalue weighted by Gasteiger charge is -2.57. The molecule has 4 saturated carbocycles. The van der Waals surface area contributed by atoms with Gasteiger partial charge < -0.3 is 4.74 Å². The third kappa shape index (κ3) is 1.66. The average molecular weight is 270 g/mol. The fourth-order valence-corrected chi connectivity index (χ4v) is 5.73. The molecular weight excluding hydrogens is 248 g/mol. The third-order valence-corrected chi connectivity index (χ3v) is 5.99. The fraction of sp³-hybridized carbons (Fsp3) is 0.611. The molecular formula is C18H22O2. The lowest BCUT2D eigenvalue weighted by molar-refractivity contribution is -0.00617. The van der Waals surface area contributed by atoms with Crippen LogP contribution >= 0.6 is 0 Å². The first-order chi connectivity index (χ1) is 9.74. The smallest absolute Gasteiger partial charge is 0.153 e. The van der Waals surface area contributed by atoms with Crippen molar-refractivity contribution in [2.45, 2.75) is 43.9 Å². The van der Waals surface area contributed by atoms with Gasteiger partial charge in [0.1, 0.15) is 5.75 Å². The topological polar surface area (TPSA) is 26.3 Å². The van der Waals surface area contributed by atoms with Crippen LogP contribution in [-0.4, -0.2) is 13.4 Å². The van der Waals surface area contributed by atoms with E-state index >= 15 is 0 Å². The van der Waals surface area contributed by atoms with Gasteiger partial charge in [-0.15, -0.1) is 0 Å². The molecule has 1 aromatic carbocycles. The van der Waals surface area contributed by atoms with Gasteiger partial charge in [-0.3, -0.25) is 4.79 Å². The Hall–Kier alpha value is -1.31. The van der Waals surface area contributed by atoms with Crippen molar-refractivity contribution < 1.29 is 9.53 Å². The highest BCUT2D eigenvalue weighted by molar-refractivity contribution is 5.80. The van der Waals surface area contributed by atoms with Gasteiger partial charge in [0.15, 0.2) is 6.29 Å². The molecule has 20 heavy (non-hydrogen) atoms. The highest BCUT2D eigenvalue weighted by Crippen LogP contribution is 2.61. The molecule has 0 N–H and O–H groups in total. The summed E-state index contributed by atoms with van der Waals surface area (Å²) in [6.45, 7) is 0. The van der Waals surface area contributed by atoms with E-state index in [9.17, 15) is 4.79 Å². The summed E-state index contributed by atoms with van der Waals surface area (Å²) in [5, 5.41) is 0. The molecule has 4 fully saturated rings. The van der Waals surface area contributed by atoms with Crippen LogP contribution in [0.25, 0.3) is 0 Å². The van der Waals surface area contributed by atoms with Crippen LogP contribution in [0, 0.1) is 17.8 Å². The van der Waals surface area contributed by atoms with Crippen molar-refractivity contribution in [3.05, 3.63) is 29.3 Å². The molecule has 0 amide bonds. The quantitative estimate of drug-likeness (QED) is 0.777. The molecule has 0 aliphatic heterocycles. The van der Waals surface area contributed by atoms with E-state index in [1.54, 1.807) is 7.11 Å². The van der Waals surface area contributed by atoms with Gasteiger partial charge in [-0.05, 0) is 67.8 Å². The molecule has 4 aliphatic carbocycles. The summed E-state index contributed by atoms with van der Waals surface area (Å²) in [5.41, 5.74) is 2.31. The van der Waals surface area contributed by atoms with Crippen LogP contribution in [0.5, 0.6) is 5.75 Å². The molecule has 4 aliphatic rings. The van der Waals surface area contributed by atoms with E-state index in [1.165, 1.54) is 44.1 Å². The first kappa shape index (κ1) is 12.4. The van der Waals surface area contributed by atoms with Gasteiger partial charge in [-0.25, -0.2) is 0 Å². The minimum atomic E-state index is 0.291. The summed E-state index contributed by atoms with van der Waals surface area (Å²) in [6.07, 6.45) is 9.16. The number of rotatable bonds is 3. The second-order valence-electron chi connectivity index (χ2n) is 7.24. The average Bonchev–Trinajstić information content (AvgIpc) is 2.44. The molecule has 106 valence electrons. The van der Waals surface area contributed by atoms with E-state index in [0.29, 0.717) is 11.0 Å². The van der Waals surface area contributed by atoms with Gasteiger partial charge in [-0.1, -0.05) is 12.1 Å². The van der Waals surface area contributed by atoms with Crippen molar-refractivity contribution in [3.63, 3.8) is 0 Å². The molecule has 4 bridgehead atoms. The molecule has 0 atom stereocenters. The Bertz CT molecular complexity index is 511. The Morgan fingerprint density at radius 2 is 1.70 bits per heavy atom. The maximum atomic E-state index is 11.3. The van der Waals surface area contributed by atoms with Crippen LogP contribution in [-0.2, 0) is 5.41 Å². The summed E-state index contributed by atoms with van der Waals surface area (Å²) in [4.78, 5) is 11.3. The zero-order valence-electron chi connectivity index (χ0n) is 12.1. The predicted octanol–water partition coefficient (Wildman–Crippen LogP) is 3.98. The Kier molecular flexibility index (Phi) is 2.70. The van der Waals surface area contributed by atoms with Crippen molar-refractivity contribution in [3.8, 4) is 5.75 Å². The van der Waals surface area contributed by atoms with E-state index in [4.69, 9.17) is 4.74 Å². The normalized spacial score (nSPS) is 38.0. The molecule has 0 saturated heterocycles. The maximum absolute atomic E-state index is 11.3. The number of carbonyl (C=O) groups excluding carboxylic acids is 1. The van der Waals surface area contributed by atoms with E-state index in [1.807, 2.05) is 12.1 Å². The van der Waals surface area contributed by atoms with Gasteiger partial charge in [0.25, 0.3) is 0 Å². The number of aldehydes is 1. The summed E-state index contributed by atoms with van der Waals surface area (Å²) >= 11 is 0. The Balaban J connectivity index is 1.82. The molecule has 5 rings (SSSR count). The summed E-state index contributed by atoms with van der Waals surface area (Å²) in [5.74, 6) is 3.56. The van der Waals surface area contributed by atoms with Crippen molar-refractivity contribution in [1.82, 2.24) is 0 Å². The van der Waals surface area contributed by atoms with Crippen molar-refractivity contribution >= 4 is 6.29 Å². The molecule has 1 aromatic rings. The molecule has 0 unspecified atom stereocenters. The predicted molar refractivity (Wildman–Crippen MR) is 78.2 cm³/mol.